The molecule has 0 radical (unpaired) electrons. The van der Waals surface area contributed by atoms with Crippen molar-refractivity contribution in [1.82, 2.24) is 4.90 Å². The third-order valence-electron chi connectivity index (χ3n) is 2.93. The van der Waals surface area contributed by atoms with Crippen molar-refractivity contribution >= 4 is 23.2 Å². The normalized spacial score (nSPS) is 16.8. The second-order valence-corrected chi connectivity index (χ2v) is 5.53. The van der Waals surface area contributed by atoms with Crippen molar-refractivity contribution in [2.24, 2.45) is 0 Å². The summed E-state index contributed by atoms with van der Waals surface area (Å²) in [6.07, 6.45) is 0. The third kappa shape index (κ3) is 2.87. The molecule has 0 saturated carbocycles. The first-order valence-electron chi connectivity index (χ1n) is 5.72. The number of carbonyl (C=O) groups is 2. The Bertz CT molecular complexity index is 492. The summed E-state index contributed by atoms with van der Waals surface area (Å²) in [6, 6.07) is 1.75. The molecule has 0 aliphatic carbocycles. The molecule has 1 N–H and O–H groups in total. The van der Waals surface area contributed by atoms with E-state index in [4.69, 9.17) is 14.6 Å². The second-order valence-electron chi connectivity index (χ2n) is 4.61. The molecule has 0 atom stereocenters. The number of carbonyl (C=O) groups excluding carboxylic acids is 1. The Morgan fingerprint density at radius 2 is 2.21 bits per heavy atom. The fraction of sp³-hybridized carbons (Fsp3) is 0.500. The van der Waals surface area contributed by atoms with Crippen LogP contribution in [0.2, 0.25) is 0 Å². The second kappa shape index (κ2) is 5.18. The number of rotatable bonds is 5. The summed E-state index contributed by atoms with van der Waals surface area (Å²) in [6.45, 7) is 2.23. The SMILES string of the molecule is COc1ccsc1C(=O)N1CC(C)(OCC(=O)O)C1. The van der Waals surface area contributed by atoms with Crippen LogP contribution in [0, 0.1) is 0 Å². The molecule has 1 amide bonds. The van der Waals surface area contributed by atoms with Crippen LogP contribution in [0.4, 0.5) is 0 Å². The average molecular weight is 285 g/mol. The van der Waals surface area contributed by atoms with Crippen molar-refractivity contribution in [2.75, 3.05) is 26.8 Å². The molecule has 0 aromatic carbocycles. The largest absolute Gasteiger partial charge is 0.495 e. The monoisotopic (exact) mass is 285 g/mol. The van der Waals surface area contributed by atoms with E-state index in [1.165, 1.54) is 18.4 Å². The minimum absolute atomic E-state index is 0.108. The average Bonchev–Trinajstić information content (AvgIpc) is 2.80. The Kier molecular flexibility index (Phi) is 3.77. The molecular formula is C12H15NO5S. The molecule has 7 heteroatoms. The lowest BCUT2D eigenvalue weighted by Gasteiger charge is -2.47. The summed E-state index contributed by atoms with van der Waals surface area (Å²) in [5.41, 5.74) is -0.571. The predicted molar refractivity (Wildman–Crippen MR) is 68.8 cm³/mol. The highest BCUT2D eigenvalue weighted by molar-refractivity contribution is 7.12. The van der Waals surface area contributed by atoms with Gasteiger partial charge >= 0.3 is 5.97 Å². The standard InChI is InChI=1S/C12H15NO5S/c1-12(18-5-9(14)15)6-13(7-12)11(16)10-8(17-2)3-4-19-10/h3-4H,5-7H2,1-2H3,(H,14,15). The molecule has 19 heavy (non-hydrogen) atoms. The van der Waals surface area contributed by atoms with Gasteiger partial charge in [-0.15, -0.1) is 11.3 Å². The fourth-order valence-electron chi connectivity index (χ4n) is 1.99. The molecule has 6 nitrogen and oxygen atoms in total. The summed E-state index contributed by atoms with van der Waals surface area (Å²) in [7, 11) is 1.52. The molecule has 1 saturated heterocycles. The molecule has 1 aromatic heterocycles. The van der Waals surface area contributed by atoms with Gasteiger partial charge in [-0.1, -0.05) is 0 Å². The lowest BCUT2D eigenvalue weighted by Crippen LogP contribution is -2.63. The molecule has 2 rings (SSSR count). The minimum atomic E-state index is -1.01. The first-order chi connectivity index (χ1) is 8.95. The highest BCUT2D eigenvalue weighted by atomic mass is 32.1. The molecular weight excluding hydrogens is 270 g/mol. The summed E-state index contributed by atoms with van der Waals surface area (Å²) in [5.74, 6) is -0.552. The zero-order chi connectivity index (χ0) is 14.0. The van der Waals surface area contributed by atoms with Gasteiger partial charge in [0.15, 0.2) is 0 Å². The Balaban J connectivity index is 1.93. The number of amides is 1. The van der Waals surface area contributed by atoms with Crippen LogP contribution in [0.25, 0.3) is 0 Å². The van der Waals surface area contributed by atoms with Crippen LogP contribution in [0.15, 0.2) is 11.4 Å². The highest BCUT2D eigenvalue weighted by Crippen LogP contribution is 2.31. The Morgan fingerprint density at radius 1 is 1.53 bits per heavy atom. The zero-order valence-electron chi connectivity index (χ0n) is 10.7. The number of hydrogen-bond donors (Lipinski definition) is 1. The number of aliphatic carboxylic acids is 1. The van der Waals surface area contributed by atoms with Gasteiger partial charge in [-0.25, -0.2) is 4.79 Å². The lowest BCUT2D eigenvalue weighted by molar-refractivity contribution is -0.159. The van der Waals surface area contributed by atoms with Crippen LogP contribution < -0.4 is 4.74 Å². The number of likely N-dealkylation sites (tertiary alicyclic amines) is 1. The van der Waals surface area contributed by atoms with E-state index in [1.807, 2.05) is 0 Å². The maximum atomic E-state index is 12.2. The van der Waals surface area contributed by atoms with E-state index in [2.05, 4.69) is 0 Å². The minimum Gasteiger partial charge on any atom is -0.495 e. The van der Waals surface area contributed by atoms with Gasteiger partial charge in [0.25, 0.3) is 5.91 Å². The number of thiophene rings is 1. The van der Waals surface area contributed by atoms with Gasteiger partial charge < -0.3 is 19.5 Å². The highest BCUT2D eigenvalue weighted by Gasteiger charge is 2.43. The van der Waals surface area contributed by atoms with Crippen molar-refractivity contribution in [3.63, 3.8) is 0 Å². The Morgan fingerprint density at radius 3 is 2.79 bits per heavy atom. The molecule has 0 bridgehead atoms. The maximum Gasteiger partial charge on any atom is 0.329 e. The molecule has 0 unspecified atom stereocenters. The fourth-order valence-corrected chi connectivity index (χ4v) is 2.81. The van der Waals surface area contributed by atoms with E-state index in [1.54, 1.807) is 23.3 Å². The van der Waals surface area contributed by atoms with E-state index >= 15 is 0 Å². The molecule has 1 aliphatic rings. The van der Waals surface area contributed by atoms with E-state index < -0.39 is 11.6 Å². The van der Waals surface area contributed by atoms with Crippen molar-refractivity contribution in [3.8, 4) is 5.75 Å². The third-order valence-corrected chi connectivity index (χ3v) is 3.81. The van der Waals surface area contributed by atoms with Crippen LogP contribution in [0.5, 0.6) is 5.75 Å². The predicted octanol–water partition coefficient (Wildman–Crippen LogP) is 1.07. The molecule has 0 spiro atoms. The van der Waals surface area contributed by atoms with Gasteiger partial charge in [-0.2, -0.15) is 0 Å². The van der Waals surface area contributed by atoms with Crippen LogP contribution >= 0.6 is 11.3 Å². The number of ether oxygens (including phenoxy) is 2. The summed E-state index contributed by atoms with van der Waals surface area (Å²) >= 11 is 1.33. The topological polar surface area (TPSA) is 76.1 Å². The van der Waals surface area contributed by atoms with Crippen molar-refractivity contribution in [1.29, 1.82) is 0 Å². The Hall–Kier alpha value is -1.60. The van der Waals surface area contributed by atoms with Crippen LogP contribution in [-0.4, -0.2) is 54.3 Å². The van der Waals surface area contributed by atoms with Gasteiger partial charge in [-0.05, 0) is 18.4 Å². The maximum absolute atomic E-state index is 12.2. The number of carboxylic acid groups (broad SMARTS) is 1. The first-order valence-corrected chi connectivity index (χ1v) is 6.60. The lowest BCUT2D eigenvalue weighted by atomic mass is 9.96. The molecule has 1 aromatic rings. The van der Waals surface area contributed by atoms with E-state index in [9.17, 15) is 9.59 Å². The van der Waals surface area contributed by atoms with Gasteiger partial charge in [0.1, 0.15) is 22.8 Å². The number of carboxylic acids is 1. The van der Waals surface area contributed by atoms with E-state index in [0.717, 1.165) is 0 Å². The summed E-state index contributed by atoms with van der Waals surface area (Å²) in [5, 5.41) is 10.4. The molecule has 104 valence electrons. The molecule has 1 fully saturated rings. The van der Waals surface area contributed by atoms with Crippen LogP contribution in [0.1, 0.15) is 16.6 Å². The van der Waals surface area contributed by atoms with Crippen molar-refractivity contribution in [3.05, 3.63) is 16.3 Å². The number of nitrogens with zero attached hydrogens (tertiary/aromatic N) is 1. The van der Waals surface area contributed by atoms with Gasteiger partial charge in [0.2, 0.25) is 0 Å². The number of methoxy groups -OCH3 is 1. The van der Waals surface area contributed by atoms with Gasteiger partial charge in [0.05, 0.1) is 20.2 Å². The zero-order valence-corrected chi connectivity index (χ0v) is 11.5. The first kappa shape index (κ1) is 13.8. The van der Waals surface area contributed by atoms with Crippen molar-refractivity contribution in [2.45, 2.75) is 12.5 Å². The molecule has 2 heterocycles. The molecule has 1 aliphatic heterocycles. The summed E-state index contributed by atoms with van der Waals surface area (Å²) in [4.78, 5) is 24.8. The van der Waals surface area contributed by atoms with Crippen LogP contribution in [0.3, 0.4) is 0 Å². The number of hydrogen-bond acceptors (Lipinski definition) is 5. The Labute approximate surface area is 114 Å². The van der Waals surface area contributed by atoms with E-state index in [-0.39, 0.29) is 12.5 Å². The smallest absolute Gasteiger partial charge is 0.329 e. The van der Waals surface area contributed by atoms with Gasteiger partial charge in [-0.3, -0.25) is 4.79 Å². The quantitative estimate of drug-likeness (QED) is 0.876. The van der Waals surface area contributed by atoms with Gasteiger partial charge in [0, 0.05) is 0 Å². The van der Waals surface area contributed by atoms with Crippen LogP contribution in [-0.2, 0) is 9.53 Å². The van der Waals surface area contributed by atoms with Crippen molar-refractivity contribution < 1.29 is 24.2 Å². The summed E-state index contributed by atoms with van der Waals surface area (Å²) < 4.78 is 10.4. The van der Waals surface area contributed by atoms with E-state index in [0.29, 0.717) is 23.7 Å².